The van der Waals surface area contributed by atoms with Crippen molar-refractivity contribution in [1.82, 2.24) is 0 Å². The van der Waals surface area contributed by atoms with Gasteiger partial charge in [0.25, 0.3) is 0 Å². The first-order chi connectivity index (χ1) is 8.29. The quantitative estimate of drug-likeness (QED) is 0.351. The summed E-state index contributed by atoms with van der Waals surface area (Å²) in [7, 11) is 0.241. The van der Waals surface area contributed by atoms with Crippen molar-refractivity contribution in [3.8, 4) is 0 Å². The smallest absolute Gasteiger partial charge is 0.0379 e. The standard InChI is InChI=1S/2C4H10Ge.2C3H9Si.Hg/c2*1-3-5-4-2;2*1-4(2)3;/h2*3-4H2,1-2H3;2*1-3H3;. The number of rotatable bonds is 4. The van der Waals surface area contributed by atoms with Crippen LogP contribution in [0.2, 0.25) is 60.3 Å². The van der Waals surface area contributed by atoms with E-state index in [1.807, 2.05) is 0 Å². The molecule has 0 bridgehead atoms. The molecule has 0 saturated carbocycles. The SMILES string of the molecule is C[CH2][Ge][CH2]C.C[CH2][Ge][CH2]C.C[Si](C)C.C[Si](C)C.[Hg]. The second-order valence-corrected chi connectivity index (χ2v) is 18.9. The molecule has 0 aromatic heterocycles. The van der Waals surface area contributed by atoms with Gasteiger partial charge in [0.2, 0.25) is 0 Å². The van der Waals surface area contributed by atoms with Gasteiger partial charge in [-0.1, -0.05) is 39.3 Å². The van der Waals surface area contributed by atoms with E-state index in [1.54, 1.807) is 0 Å². The fourth-order valence-electron chi connectivity index (χ4n) is 0.500. The molecule has 0 atom stereocenters. The molecule has 0 fully saturated rings. The average molecular weight is 608 g/mol. The molecule has 0 unspecified atom stereocenters. The maximum absolute atomic E-state index is 2.27. The molecule has 0 spiro atoms. The van der Waals surface area contributed by atoms with Crippen LogP contribution in [0.25, 0.3) is 0 Å². The third kappa shape index (κ3) is 167. The molecule has 0 aliphatic heterocycles. The van der Waals surface area contributed by atoms with E-state index in [1.165, 1.54) is 21.0 Å². The molecular formula is C14H38Ge2HgSi2. The van der Waals surface area contributed by atoms with Gasteiger partial charge in [0.05, 0.1) is 0 Å². The second kappa shape index (κ2) is 37.1. The van der Waals surface area contributed by atoms with Crippen molar-refractivity contribution < 1.29 is 27.7 Å². The van der Waals surface area contributed by atoms with Gasteiger partial charge < -0.3 is 0 Å². The molecule has 0 aromatic rings. The largest absolute Gasteiger partial charge is 0.0715 e. The Morgan fingerprint density at radius 2 is 0.632 bits per heavy atom. The summed E-state index contributed by atoms with van der Waals surface area (Å²) in [6, 6.07) is 0. The molecular weight excluding hydrogens is 570 g/mol. The van der Waals surface area contributed by atoms with E-state index in [0.717, 1.165) is 0 Å². The molecule has 0 saturated heterocycles. The van der Waals surface area contributed by atoms with Crippen molar-refractivity contribution >= 4 is 48.5 Å². The van der Waals surface area contributed by atoms with Crippen molar-refractivity contribution in [3.63, 3.8) is 0 Å². The van der Waals surface area contributed by atoms with Crippen molar-refractivity contribution in [2.75, 3.05) is 0 Å². The maximum atomic E-state index is 2.27. The van der Waals surface area contributed by atoms with Crippen molar-refractivity contribution in [1.29, 1.82) is 0 Å². The number of hydrogen-bond acceptors (Lipinski definition) is 0. The monoisotopic (exact) mass is 612 g/mol. The van der Waals surface area contributed by atoms with Gasteiger partial charge in [0.1, 0.15) is 0 Å². The van der Waals surface area contributed by atoms with E-state index in [2.05, 4.69) is 67.0 Å². The van der Waals surface area contributed by atoms with Crippen LogP contribution in [0.3, 0.4) is 0 Å². The molecule has 0 heterocycles. The molecule has 6 radical (unpaired) electrons. The fraction of sp³-hybridized carbons (Fsp3) is 1.00. The summed E-state index contributed by atoms with van der Waals surface area (Å²) >= 11 is 1.06. The zero-order chi connectivity index (χ0) is 15.4. The Morgan fingerprint density at radius 1 is 0.526 bits per heavy atom. The van der Waals surface area contributed by atoms with Crippen LogP contribution in [0.4, 0.5) is 0 Å². The predicted molar refractivity (Wildman–Crippen MR) is 100 cm³/mol. The van der Waals surface area contributed by atoms with E-state index in [4.69, 9.17) is 0 Å². The van der Waals surface area contributed by atoms with Crippen molar-refractivity contribution in [2.24, 2.45) is 0 Å². The van der Waals surface area contributed by atoms with Crippen molar-refractivity contribution in [2.45, 2.75) is 88.0 Å². The topological polar surface area (TPSA) is 0 Å². The fourth-order valence-corrected chi connectivity index (χ4v) is 2.60. The first-order valence-electron chi connectivity index (χ1n) is 7.24. The first-order valence-corrected chi connectivity index (χ1v) is 19.2. The summed E-state index contributed by atoms with van der Waals surface area (Å²) in [5, 5.41) is 5.88. The van der Waals surface area contributed by atoms with Crippen LogP contribution in [0, 0.1) is 0 Å². The summed E-state index contributed by atoms with van der Waals surface area (Å²) < 4.78 is 0. The molecule has 5 heteroatoms. The Labute approximate surface area is 162 Å². The maximum Gasteiger partial charge on any atom is 0.0379 e. The Hall–Kier alpha value is 2.45. The average Bonchev–Trinajstić information content (AvgIpc) is 2.19. The minimum absolute atomic E-state index is 0. The van der Waals surface area contributed by atoms with Crippen LogP contribution in [0.15, 0.2) is 0 Å². The minimum Gasteiger partial charge on any atom is -0.0715 e. The Morgan fingerprint density at radius 3 is 0.632 bits per heavy atom. The molecule has 0 rings (SSSR count). The first kappa shape index (κ1) is 33.2. The van der Waals surface area contributed by atoms with Gasteiger partial charge in [-0.05, 0) is 0 Å². The molecule has 0 amide bonds. The van der Waals surface area contributed by atoms with Crippen LogP contribution < -0.4 is 0 Å². The van der Waals surface area contributed by atoms with Gasteiger partial charge in [-0.15, -0.1) is 0 Å². The van der Waals surface area contributed by atoms with E-state index in [-0.39, 0.29) is 45.3 Å². The predicted octanol–water partition coefficient (Wildman–Crippen LogP) is 5.87. The summed E-state index contributed by atoms with van der Waals surface area (Å²) in [6.07, 6.45) is 0. The molecule has 0 N–H and O–H groups in total. The molecule has 0 aliphatic carbocycles. The zero-order valence-electron chi connectivity index (χ0n) is 15.5. The summed E-state index contributed by atoms with van der Waals surface area (Å²) in [5.74, 6) is 0. The summed E-state index contributed by atoms with van der Waals surface area (Å²) in [4.78, 5) is 0. The Bertz CT molecular complexity index is 83.9. The van der Waals surface area contributed by atoms with Gasteiger partial charge >= 0.3 is 79.6 Å². The molecule has 112 valence electrons. The van der Waals surface area contributed by atoms with Gasteiger partial charge in [0, 0.05) is 45.3 Å². The Balaban J connectivity index is -0.0000000453. The van der Waals surface area contributed by atoms with Gasteiger partial charge in [-0.3, -0.25) is 0 Å². The van der Waals surface area contributed by atoms with Gasteiger partial charge in [0.15, 0.2) is 0 Å². The van der Waals surface area contributed by atoms with E-state index < -0.39 is 0 Å². The second-order valence-electron chi connectivity index (χ2n) is 4.91. The van der Waals surface area contributed by atoms with Gasteiger partial charge in [-0.2, -0.15) is 0 Å². The van der Waals surface area contributed by atoms with Crippen LogP contribution in [0.1, 0.15) is 27.7 Å². The normalized spacial score (nSPS) is 8.21. The third-order valence-corrected chi connectivity index (χ3v) is 5.20. The van der Waals surface area contributed by atoms with E-state index in [0.29, 0.717) is 30.9 Å². The zero-order valence-corrected chi connectivity index (χ0v) is 27.2. The third-order valence-electron chi connectivity index (χ3n) is 1.000. The Kier molecular flexibility index (Phi) is 64.7. The summed E-state index contributed by atoms with van der Waals surface area (Å²) in [6.45, 7) is 22.7. The molecule has 0 nitrogen and oxygen atoms in total. The van der Waals surface area contributed by atoms with Crippen LogP contribution in [-0.2, 0) is 27.7 Å². The van der Waals surface area contributed by atoms with E-state index in [9.17, 15) is 0 Å². The summed E-state index contributed by atoms with van der Waals surface area (Å²) in [5.41, 5.74) is 0. The van der Waals surface area contributed by atoms with Crippen LogP contribution in [0.5, 0.6) is 0 Å². The van der Waals surface area contributed by atoms with Crippen molar-refractivity contribution in [3.05, 3.63) is 0 Å². The van der Waals surface area contributed by atoms with E-state index >= 15 is 0 Å². The molecule has 0 aromatic carbocycles. The molecule has 0 aliphatic rings. The van der Waals surface area contributed by atoms with Crippen LogP contribution >= 0.6 is 0 Å². The molecule has 19 heavy (non-hydrogen) atoms. The van der Waals surface area contributed by atoms with Gasteiger partial charge in [-0.25, -0.2) is 0 Å². The number of hydrogen-bond donors (Lipinski definition) is 0. The van der Waals surface area contributed by atoms with Crippen LogP contribution in [-0.4, -0.2) is 48.5 Å². The minimum atomic E-state index is 0.